The Morgan fingerprint density at radius 2 is 2.15 bits per heavy atom. The van der Waals surface area contributed by atoms with Crippen molar-refractivity contribution in [3.63, 3.8) is 0 Å². The first kappa shape index (κ1) is 12.6. The summed E-state index contributed by atoms with van der Waals surface area (Å²) >= 11 is 0. The molecule has 2 aromatic carbocycles. The summed E-state index contributed by atoms with van der Waals surface area (Å²) < 4.78 is 18.8. The van der Waals surface area contributed by atoms with Crippen molar-refractivity contribution in [1.29, 1.82) is 5.26 Å². The van der Waals surface area contributed by atoms with Gasteiger partial charge in [-0.1, -0.05) is 24.3 Å². The van der Waals surface area contributed by atoms with Crippen molar-refractivity contribution in [2.45, 2.75) is 12.6 Å². The Morgan fingerprint density at radius 3 is 3.00 bits per heavy atom. The van der Waals surface area contributed by atoms with Gasteiger partial charge in [0.15, 0.2) is 0 Å². The van der Waals surface area contributed by atoms with Gasteiger partial charge in [-0.2, -0.15) is 5.26 Å². The molecule has 100 valence electrons. The summed E-state index contributed by atoms with van der Waals surface area (Å²) in [6, 6.07) is 14.5. The van der Waals surface area contributed by atoms with Gasteiger partial charge in [-0.25, -0.2) is 4.39 Å². The molecular weight excluding hydrogens is 255 g/mol. The molecule has 0 amide bonds. The van der Waals surface area contributed by atoms with Gasteiger partial charge in [0, 0.05) is 12.1 Å². The lowest BCUT2D eigenvalue weighted by molar-refractivity contribution is 0.310. The van der Waals surface area contributed by atoms with Crippen LogP contribution in [-0.4, -0.2) is 6.61 Å². The fraction of sp³-hybridized carbons (Fsp3) is 0.188. The maximum atomic E-state index is 13.2. The summed E-state index contributed by atoms with van der Waals surface area (Å²) in [6.45, 7) is 1.16. The van der Waals surface area contributed by atoms with Gasteiger partial charge < -0.3 is 10.1 Å². The van der Waals surface area contributed by atoms with Crippen LogP contribution in [0.3, 0.4) is 0 Å². The molecule has 0 bridgehead atoms. The van der Waals surface area contributed by atoms with Crippen LogP contribution in [0.4, 0.5) is 4.39 Å². The molecule has 1 aliphatic heterocycles. The number of para-hydroxylation sites is 1. The standard InChI is InChI=1S/C16H13FN2O/c17-14-6-5-11(7-12(14)8-18)9-19-15-10-20-16-4-2-1-3-13(15)16/h1-7,15,19H,9-10H2. The van der Waals surface area contributed by atoms with E-state index in [9.17, 15) is 4.39 Å². The fourth-order valence-corrected chi connectivity index (χ4v) is 2.34. The van der Waals surface area contributed by atoms with Crippen molar-refractivity contribution in [1.82, 2.24) is 5.32 Å². The van der Waals surface area contributed by atoms with Crippen molar-refractivity contribution in [2.24, 2.45) is 0 Å². The topological polar surface area (TPSA) is 45.0 Å². The van der Waals surface area contributed by atoms with Gasteiger partial charge >= 0.3 is 0 Å². The normalized spacial score (nSPS) is 16.3. The first-order valence-corrected chi connectivity index (χ1v) is 6.41. The minimum absolute atomic E-state index is 0.0763. The molecule has 3 rings (SSSR count). The van der Waals surface area contributed by atoms with E-state index in [1.807, 2.05) is 30.3 Å². The Bertz CT molecular complexity index is 678. The van der Waals surface area contributed by atoms with Crippen LogP contribution >= 0.6 is 0 Å². The molecule has 0 fully saturated rings. The van der Waals surface area contributed by atoms with Crippen LogP contribution < -0.4 is 10.1 Å². The lowest BCUT2D eigenvalue weighted by atomic mass is 10.1. The first-order valence-electron chi connectivity index (χ1n) is 6.41. The molecule has 0 aromatic heterocycles. The molecular formula is C16H13FN2O. The van der Waals surface area contributed by atoms with Gasteiger partial charge in [-0.15, -0.1) is 0 Å². The molecule has 3 nitrogen and oxygen atoms in total. The molecule has 20 heavy (non-hydrogen) atoms. The van der Waals surface area contributed by atoms with Gasteiger partial charge in [0.2, 0.25) is 0 Å². The van der Waals surface area contributed by atoms with Gasteiger partial charge in [-0.05, 0) is 23.8 Å². The second-order valence-electron chi connectivity index (χ2n) is 4.71. The van der Waals surface area contributed by atoms with E-state index in [0.717, 1.165) is 16.9 Å². The van der Waals surface area contributed by atoms with Crippen LogP contribution in [0.1, 0.15) is 22.7 Å². The number of benzene rings is 2. The number of hydrogen-bond donors (Lipinski definition) is 1. The monoisotopic (exact) mass is 268 g/mol. The average molecular weight is 268 g/mol. The van der Waals surface area contributed by atoms with Gasteiger partial charge in [0.25, 0.3) is 0 Å². The van der Waals surface area contributed by atoms with Crippen molar-refractivity contribution < 1.29 is 9.13 Å². The third-order valence-electron chi connectivity index (χ3n) is 3.40. The number of nitrogens with one attached hydrogen (secondary N) is 1. The van der Waals surface area contributed by atoms with Crippen LogP contribution in [0, 0.1) is 17.1 Å². The van der Waals surface area contributed by atoms with E-state index in [0.29, 0.717) is 13.2 Å². The Hall–Kier alpha value is -2.38. The van der Waals surface area contributed by atoms with Crippen LogP contribution in [0.2, 0.25) is 0 Å². The number of nitriles is 1. The molecule has 0 saturated carbocycles. The summed E-state index contributed by atoms with van der Waals surface area (Å²) in [5.41, 5.74) is 2.09. The Kier molecular flexibility index (Phi) is 3.36. The third-order valence-corrected chi connectivity index (χ3v) is 3.40. The molecule has 4 heteroatoms. The summed E-state index contributed by atoms with van der Waals surface area (Å²) in [5, 5.41) is 12.2. The van der Waals surface area contributed by atoms with Gasteiger partial charge in [0.1, 0.15) is 24.2 Å². The highest BCUT2D eigenvalue weighted by atomic mass is 19.1. The second-order valence-corrected chi connectivity index (χ2v) is 4.71. The van der Waals surface area contributed by atoms with E-state index in [4.69, 9.17) is 10.00 Å². The summed E-state index contributed by atoms with van der Waals surface area (Å²) in [7, 11) is 0. The largest absolute Gasteiger partial charge is 0.491 e. The zero-order valence-electron chi connectivity index (χ0n) is 10.8. The number of ether oxygens (including phenoxy) is 1. The molecule has 0 spiro atoms. The number of rotatable bonds is 3. The number of hydrogen-bond acceptors (Lipinski definition) is 3. The Labute approximate surface area is 116 Å². The van der Waals surface area contributed by atoms with Gasteiger partial charge in [-0.3, -0.25) is 0 Å². The number of fused-ring (bicyclic) bond motifs is 1. The van der Waals surface area contributed by atoms with Gasteiger partial charge in [0.05, 0.1) is 11.6 Å². The van der Waals surface area contributed by atoms with Crippen molar-refractivity contribution in [3.8, 4) is 11.8 Å². The summed E-state index contributed by atoms with van der Waals surface area (Å²) in [5.74, 6) is 0.424. The minimum Gasteiger partial charge on any atom is -0.491 e. The predicted octanol–water partition coefficient (Wildman–Crippen LogP) is 2.92. The second kappa shape index (κ2) is 5.32. The average Bonchev–Trinajstić information content (AvgIpc) is 2.90. The van der Waals surface area contributed by atoms with Crippen molar-refractivity contribution in [2.75, 3.05) is 6.61 Å². The Balaban J connectivity index is 1.71. The van der Waals surface area contributed by atoms with E-state index in [1.54, 1.807) is 12.1 Å². The molecule has 0 aliphatic carbocycles. The third kappa shape index (κ3) is 2.36. The smallest absolute Gasteiger partial charge is 0.140 e. The van der Waals surface area contributed by atoms with E-state index < -0.39 is 5.82 Å². The van der Waals surface area contributed by atoms with E-state index in [1.165, 1.54) is 6.07 Å². The molecule has 1 heterocycles. The lowest BCUT2D eigenvalue weighted by Crippen LogP contribution is -2.22. The minimum atomic E-state index is -0.481. The highest BCUT2D eigenvalue weighted by Gasteiger charge is 2.22. The molecule has 1 N–H and O–H groups in total. The number of halogens is 1. The summed E-state index contributed by atoms with van der Waals surface area (Å²) in [6.07, 6.45) is 0. The van der Waals surface area contributed by atoms with Crippen molar-refractivity contribution in [3.05, 3.63) is 65.0 Å². The zero-order chi connectivity index (χ0) is 13.9. The maximum absolute atomic E-state index is 13.2. The molecule has 1 atom stereocenters. The SMILES string of the molecule is N#Cc1cc(CNC2COc3ccccc32)ccc1F. The zero-order valence-corrected chi connectivity index (χ0v) is 10.8. The highest BCUT2D eigenvalue weighted by Crippen LogP contribution is 2.31. The molecule has 0 saturated heterocycles. The van der Waals surface area contributed by atoms with E-state index >= 15 is 0 Å². The lowest BCUT2D eigenvalue weighted by Gasteiger charge is -2.11. The summed E-state index contributed by atoms with van der Waals surface area (Å²) in [4.78, 5) is 0. The molecule has 2 aromatic rings. The molecule has 1 unspecified atom stereocenters. The van der Waals surface area contributed by atoms with Crippen LogP contribution in [0.25, 0.3) is 0 Å². The van der Waals surface area contributed by atoms with Crippen LogP contribution in [0.5, 0.6) is 5.75 Å². The Morgan fingerprint density at radius 1 is 1.30 bits per heavy atom. The maximum Gasteiger partial charge on any atom is 0.140 e. The van der Waals surface area contributed by atoms with E-state index in [2.05, 4.69) is 5.32 Å². The molecule has 0 radical (unpaired) electrons. The van der Waals surface area contributed by atoms with Crippen LogP contribution in [-0.2, 0) is 6.54 Å². The predicted molar refractivity (Wildman–Crippen MR) is 72.6 cm³/mol. The highest BCUT2D eigenvalue weighted by molar-refractivity contribution is 5.39. The first-order chi connectivity index (χ1) is 9.78. The molecule has 1 aliphatic rings. The van der Waals surface area contributed by atoms with E-state index in [-0.39, 0.29) is 11.6 Å². The number of nitrogens with zero attached hydrogens (tertiary/aromatic N) is 1. The fourth-order valence-electron chi connectivity index (χ4n) is 2.34. The quantitative estimate of drug-likeness (QED) is 0.931. The van der Waals surface area contributed by atoms with Crippen LogP contribution in [0.15, 0.2) is 42.5 Å². The van der Waals surface area contributed by atoms with Crippen molar-refractivity contribution >= 4 is 0 Å².